The molecule has 21 heavy (non-hydrogen) atoms. The zero-order chi connectivity index (χ0) is 15.6. The Morgan fingerprint density at radius 2 is 2.05 bits per heavy atom. The van der Waals surface area contributed by atoms with Gasteiger partial charge in [0.25, 0.3) is 0 Å². The van der Waals surface area contributed by atoms with Gasteiger partial charge in [-0.05, 0) is 31.5 Å². The highest BCUT2D eigenvalue weighted by Gasteiger charge is 2.34. The first-order valence-corrected chi connectivity index (χ1v) is 7.28. The van der Waals surface area contributed by atoms with Crippen molar-refractivity contribution in [3.8, 4) is 0 Å². The van der Waals surface area contributed by atoms with E-state index in [1.807, 2.05) is 24.6 Å². The molecule has 1 N–H and O–H groups in total. The lowest BCUT2D eigenvalue weighted by atomic mass is 10.1. The third-order valence-electron chi connectivity index (χ3n) is 2.89. The molecule has 0 radical (unpaired) electrons. The highest BCUT2D eigenvalue weighted by molar-refractivity contribution is 9.10. The maximum absolute atomic E-state index is 13.1. The standard InChI is InChI=1S/C14H15BrF3N3/c1-3-6-21-8-9(2)19-13(21)20-12-5-4-10(15)7-11(12)14(16,17)18/h4-5,7-8H,3,6H2,1-2H3,(H,19,20). The van der Waals surface area contributed by atoms with Gasteiger partial charge in [-0.25, -0.2) is 4.98 Å². The molecular formula is C14H15BrF3N3. The molecule has 0 aliphatic carbocycles. The second-order valence-electron chi connectivity index (χ2n) is 4.71. The van der Waals surface area contributed by atoms with Gasteiger partial charge in [0, 0.05) is 17.2 Å². The van der Waals surface area contributed by atoms with Crippen molar-refractivity contribution in [3.05, 3.63) is 40.1 Å². The SMILES string of the molecule is CCCn1cc(C)nc1Nc1ccc(Br)cc1C(F)(F)F. The normalized spacial score (nSPS) is 11.7. The van der Waals surface area contributed by atoms with Crippen LogP contribution in [0, 0.1) is 6.92 Å². The second-order valence-corrected chi connectivity index (χ2v) is 5.63. The van der Waals surface area contributed by atoms with Crippen molar-refractivity contribution in [1.29, 1.82) is 0 Å². The molecule has 7 heteroatoms. The Labute approximate surface area is 129 Å². The summed E-state index contributed by atoms with van der Waals surface area (Å²) in [5.41, 5.74) is 0.0332. The lowest BCUT2D eigenvalue weighted by Crippen LogP contribution is -2.11. The fourth-order valence-corrected chi connectivity index (χ4v) is 2.40. The fourth-order valence-electron chi connectivity index (χ4n) is 2.04. The van der Waals surface area contributed by atoms with E-state index in [0.717, 1.165) is 18.2 Å². The molecule has 0 aliphatic rings. The molecule has 1 heterocycles. The fraction of sp³-hybridized carbons (Fsp3) is 0.357. The lowest BCUT2D eigenvalue weighted by molar-refractivity contribution is -0.137. The number of nitrogens with zero attached hydrogens (tertiary/aromatic N) is 2. The summed E-state index contributed by atoms with van der Waals surface area (Å²) in [5.74, 6) is 0.419. The molecule has 0 atom stereocenters. The van der Waals surface area contributed by atoms with Gasteiger partial charge in [0.2, 0.25) is 5.95 Å². The number of aromatic nitrogens is 2. The molecule has 3 nitrogen and oxygen atoms in total. The van der Waals surface area contributed by atoms with E-state index in [1.54, 1.807) is 6.07 Å². The maximum atomic E-state index is 13.1. The van der Waals surface area contributed by atoms with Gasteiger partial charge in [-0.15, -0.1) is 0 Å². The number of halogens is 4. The number of imidazole rings is 1. The molecule has 0 saturated heterocycles. The number of hydrogen-bond acceptors (Lipinski definition) is 2. The van der Waals surface area contributed by atoms with Crippen LogP contribution in [0.25, 0.3) is 0 Å². The van der Waals surface area contributed by atoms with Crippen molar-refractivity contribution in [2.75, 3.05) is 5.32 Å². The van der Waals surface area contributed by atoms with Crippen LogP contribution in [0.2, 0.25) is 0 Å². The molecule has 0 spiro atoms. The minimum absolute atomic E-state index is 0.00588. The predicted molar refractivity (Wildman–Crippen MR) is 79.7 cm³/mol. The summed E-state index contributed by atoms with van der Waals surface area (Å²) in [6, 6.07) is 4.02. The molecule has 1 aromatic heterocycles. The molecule has 0 saturated carbocycles. The summed E-state index contributed by atoms with van der Waals surface area (Å²) in [6.07, 6.45) is -1.74. The zero-order valence-electron chi connectivity index (χ0n) is 11.6. The topological polar surface area (TPSA) is 29.9 Å². The van der Waals surface area contributed by atoms with Gasteiger partial charge < -0.3 is 9.88 Å². The quantitative estimate of drug-likeness (QED) is 0.818. The van der Waals surface area contributed by atoms with Gasteiger partial charge in [0.1, 0.15) is 0 Å². The minimum atomic E-state index is -4.43. The molecule has 0 amide bonds. The first-order valence-electron chi connectivity index (χ1n) is 6.48. The number of hydrogen-bond donors (Lipinski definition) is 1. The first-order chi connectivity index (χ1) is 9.81. The van der Waals surface area contributed by atoms with Crippen molar-refractivity contribution in [2.45, 2.75) is 33.0 Å². The number of nitrogens with one attached hydrogen (secondary N) is 1. The largest absolute Gasteiger partial charge is 0.418 e. The summed E-state index contributed by atoms with van der Waals surface area (Å²) in [4.78, 5) is 4.24. The monoisotopic (exact) mass is 361 g/mol. The van der Waals surface area contributed by atoms with Gasteiger partial charge in [-0.2, -0.15) is 13.2 Å². The van der Waals surface area contributed by atoms with E-state index >= 15 is 0 Å². The average molecular weight is 362 g/mol. The summed E-state index contributed by atoms with van der Waals surface area (Å²) >= 11 is 3.07. The molecule has 2 aromatic rings. The van der Waals surface area contributed by atoms with Crippen molar-refractivity contribution >= 4 is 27.6 Å². The third kappa shape index (κ3) is 3.78. The molecule has 2 rings (SSSR count). The summed E-state index contributed by atoms with van der Waals surface area (Å²) in [7, 11) is 0. The molecule has 0 aliphatic heterocycles. The minimum Gasteiger partial charge on any atom is -0.325 e. The molecule has 0 bridgehead atoms. The van der Waals surface area contributed by atoms with Crippen LogP contribution in [0.5, 0.6) is 0 Å². The van der Waals surface area contributed by atoms with E-state index < -0.39 is 11.7 Å². The number of rotatable bonds is 4. The van der Waals surface area contributed by atoms with Gasteiger partial charge in [0.05, 0.1) is 16.9 Å². The number of benzene rings is 1. The second kappa shape index (κ2) is 6.09. The maximum Gasteiger partial charge on any atom is 0.418 e. The van der Waals surface area contributed by atoms with Crippen LogP contribution < -0.4 is 5.32 Å². The van der Waals surface area contributed by atoms with Gasteiger partial charge in [0.15, 0.2) is 0 Å². The molecule has 0 unspecified atom stereocenters. The highest BCUT2D eigenvalue weighted by atomic mass is 79.9. The highest BCUT2D eigenvalue weighted by Crippen LogP contribution is 2.37. The van der Waals surface area contributed by atoms with Crippen molar-refractivity contribution in [2.24, 2.45) is 0 Å². The zero-order valence-corrected chi connectivity index (χ0v) is 13.2. The smallest absolute Gasteiger partial charge is 0.325 e. The van der Waals surface area contributed by atoms with E-state index in [1.165, 1.54) is 6.07 Å². The van der Waals surface area contributed by atoms with Crippen LogP contribution in [0.1, 0.15) is 24.6 Å². The average Bonchev–Trinajstić information content (AvgIpc) is 2.71. The summed E-state index contributed by atoms with van der Waals surface area (Å²) < 4.78 is 41.5. The van der Waals surface area contributed by atoms with Crippen LogP contribution >= 0.6 is 15.9 Å². The number of alkyl halides is 3. The van der Waals surface area contributed by atoms with E-state index in [-0.39, 0.29) is 5.69 Å². The van der Waals surface area contributed by atoms with Crippen LogP contribution in [0.3, 0.4) is 0 Å². The van der Waals surface area contributed by atoms with E-state index in [2.05, 4.69) is 26.2 Å². The van der Waals surface area contributed by atoms with Crippen molar-refractivity contribution < 1.29 is 13.2 Å². The summed E-state index contributed by atoms with van der Waals surface area (Å²) in [5, 5.41) is 2.79. The first kappa shape index (κ1) is 15.9. The Kier molecular flexibility index (Phi) is 4.61. The van der Waals surface area contributed by atoms with E-state index in [0.29, 0.717) is 17.0 Å². The van der Waals surface area contributed by atoms with Crippen LogP contribution in [0.15, 0.2) is 28.9 Å². The van der Waals surface area contributed by atoms with Crippen LogP contribution in [0.4, 0.5) is 24.8 Å². The van der Waals surface area contributed by atoms with Gasteiger partial charge >= 0.3 is 6.18 Å². The van der Waals surface area contributed by atoms with Crippen LogP contribution in [-0.4, -0.2) is 9.55 Å². The summed E-state index contributed by atoms with van der Waals surface area (Å²) in [6.45, 7) is 4.50. The van der Waals surface area contributed by atoms with E-state index in [4.69, 9.17) is 0 Å². The van der Waals surface area contributed by atoms with E-state index in [9.17, 15) is 13.2 Å². The van der Waals surface area contributed by atoms with Gasteiger partial charge in [-0.3, -0.25) is 0 Å². The Balaban J connectivity index is 2.40. The molecule has 1 aromatic carbocycles. The molecule has 0 fully saturated rings. The van der Waals surface area contributed by atoms with Crippen molar-refractivity contribution in [1.82, 2.24) is 9.55 Å². The Hall–Kier alpha value is -1.50. The van der Waals surface area contributed by atoms with Gasteiger partial charge in [-0.1, -0.05) is 22.9 Å². The van der Waals surface area contributed by atoms with Crippen LogP contribution in [-0.2, 0) is 12.7 Å². The molecular weight excluding hydrogens is 347 g/mol. The van der Waals surface area contributed by atoms with Crippen molar-refractivity contribution in [3.63, 3.8) is 0 Å². The Morgan fingerprint density at radius 3 is 2.67 bits per heavy atom. The number of anilines is 2. The molecule has 114 valence electrons. The predicted octanol–water partition coefficient (Wildman–Crippen LogP) is 5.13. The number of aryl methyl sites for hydroxylation is 2. The Morgan fingerprint density at radius 1 is 1.33 bits per heavy atom. The third-order valence-corrected chi connectivity index (χ3v) is 3.39. The lowest BCUT2D eigenvalue weighted by Gasteiger charge is -2.15. The Bertz CT molecular complexity index is 635.